The van der Waals surface area contributed by atoms with Crippen LogP contribution < -0.4 is 5.32 Å². The second-order valence-corrected chi connectivity index (χ2v) is 7.15. The maximum atomic E-state index is 13.6. The van der Waals surface area contributed by atoms with Crippen LogP contribution in [0, 0.1) is 5.82 Å². The van der Waals surface area contributed by atoms with E-state index in [1.807, 2.05) is 48.9 Å². The van der Waals surface area contributed by atoms with Crippen LogP contribution in [0.3, 0.4) is 0 Å². The Bertz CT molecular complexity index is 985. The van der Waals surface area contributed by atoms with Gasteiger partial charge in [-0.2, -0.15) is 0 Å². The monoisotopic (exact) mass is 398 g/mol. The molecule has 4 aromatic rings. The molecule has 1 aromatic carbocycles. The van der Waals surface area contributed by atoms with E-state index in [-0.39, 0.29) is 17.8 Å². The second-order valence-electron chi connectivity index (χ2n) is 7.15. The largest absolute Gasteiger partial charge is 0.309 e. The van der Waals surface area contributed by atoms with Crippen LogP contribution in [0.5, 0.6) is 0 Å². The highest BCUT2D eigenvalue weighted by atomic mass is 19.1. The Morgan fingerprint density at radius 1 is 0.700 bits per heavy atom. The smallest absolute Gasteiger partial charge is 0.123 e. The molecule has 30 heavy (non-hydrogen) atoms. The Hall–Kier alpha value is -3.44. The molecule has 0 fully saturated rings. The summed E-state index contributed by atoms with van der Waals surface area (Å²) in [7, 11) is 0. The quantitative estimate of drug-likeness (QED) is 0.467. The molecule has 0 aliphatic heterocycles. The summed E-state index contributed by atoms with van der Waals surface area (Å²) in [5.74, 6) is -0.265. The molecule has 3 heterocycles. The summed E-state index contributed by atoms with van der Waals surface area (Å²) in [4.78, 5) is 12.9. The van der Waals surface area contributed by atoms with Gasteiger partial charge >= 0.3 is 0 Å². The van der Waals surface area contributed by atoms with Crippen molar-refractivity contribution >= 4 is 0 Å². The lowest BCUT2D eigenvalue weighted by Gasteiger charge is -2.29. The van der Waals surface area contributed by atoms with Crippen LogP contribution in [0.4, 0.5) is 4.39 Å². The van der Waals surface area contributed by atoms with E-state index in [9.17, 15) is 4.39 Å². The number of hydrogen-bond acceptors (Lipinski definition) is 4. The number of rotatable bonds is 8. The number of pyridine rings is 3. The standard InChI is InChI=1S/C25H23FN4/c26-23-9-7-20(8-10-23)25(30-15-11-19-4-1-12-27-16-19)24(21-5-2-13-28-17-21)22-6-3-14-29-18-22/h1-10,12-14,16-18,24-25,30H,11,15H2. The first-order chi connectivity index (χ1) is 14.8. The number of nitrogens with zero attached hydrogens (tertiary/aromatic N) is 3. The van der Waals surface area contributed by atoms with E-state index in [0.717, 1.165) is 29.7 Å². The molecule has 150 valence electrons. The number of benzene rings is 1. The van der Waals surface area contributed by atoms with Crippen molar-refractivity contribution in [3.63, 3.8) is 0 Å². The Morgan fingerprint density at radius 2 is 1.30 bits per heavy atom. The fourth-order valence-electron chi connectivity index (χ4n) is 3.71. The predicted molar refractivity (Wildman–Crippen MR) is 115 cm³/mol. The van der Waals surface area contributed by atoms with Crippen molar-refractivity contribution < 1.29 is 4.39 Å². The lowest BCUT2D eigenvalue weighted by Crippen LogP contribution is -2.30. The van der Waals surface area contributed by atoms with Gasteiger partial charge in [-0.1, -0.05) is 30.3 Å². The van der Waals surface area contributed by atoms with Crippen molar-refractivity contribution in [3.05, 3.63) is 126 Å². The van der Waals surface area contributed by atoms with Gasteiger partial charge in [-0.15, -0.1) is 0 Å². The van der Waals surface area contributed by atoms with Crippen LogP contribution in [-0.2, 0) is 6.42 Å². The lowest BCUT2D eigenvalue weighted by atomic mass is 9.83. The molecule has 0 bridgehead atoms. The van der Waals surface area contributed by atoms with E-state index in [1.165, 1.54) is 17.7 Å². The third-order valence-corrected chi connectivity index (χ3v) is 5.15. The molecular weight excluding hydrogens is 375 g/mol. The van der Waals surface area contributed by atoms with Gasteiger partial charge in [0.1, 0.15) is 5.82 Å². The molecule has 5 heteroatoms. The molecule has 0 saturated carbocycles. The molecule has 4 nitrogen and oxygen atoms in total. The summed E-state index contributed by atoms with van der Waals surface area (Å²) in [6.07, 6.45) is 11.8. The zero-order chi connectivity index (χ0) is 20.6. The summed E-state index contributed by atoms with van der Waals surface area (Å²) in [6.45, 7) is 0.755. The molecule has 1 N–H and O–H groups in total. The minimum absolute atomic E-state index is 0.0215. The van der Waals surface area contributed by atoms with Gasteiger partial charge in [0.2, 0.25) is 0 Å². The van der Waals surface area contributed by atoms with Gasteiger partial charge in [0, 0.05) is 49.1 Å². The van der Waals surface area contributed by atoms with Crippen LogP contribution in [0.25, 0.3) is 0 Å². The van der Waals surface area contributed by atoms with Gasteiger partial charge in [-0.25, -0.2) is 4.39 Å². The molecule has 0 aliphatic rings. The molecule has 0 saturated heterocycles. The third-order valence-electron chi connectivity index (χ3n) is 5.15. The van der Waals surface area contributed by atoms with Gasteiger partial charge in [0.25, 0.3) is 0 Å². The zero-order valence-corrected chi connectivity index (χ0v) is 16.5. The molecule has 0 amide bonds. The van der Waals surface area contributed by atoms with Crippen molar-refractivity contribution in [1.29, 1.82) is 0 Å². The lowest BCUT2D eigenvalue weighted by molar-refractivity contribution is 0.484. The Labute approximate surface area is 175 Å². The molecule has 0 aliphatic carbocycles. The van der Waals surface area contributed by atoms with E-state index < -0.39 is 0 Å². The topological polar surface area (TPSA) is 50.7 Å². The fourth-order valence-corrected chi connectivity index (χ4v) is 3.71. The van der Waals surface area contributed by atoms with E-state index in [2.05, 4.69) is 38.5 Å². The number of hydrogen-bond donors (Lipinski definition) is 1. The van der Waals surface area contributed by atoms with Crippen LogP contribution in [0.2, 0.25) is 0 Å². The normalized spacial score (nSPS) is 12.1. The van der Waals surface area contributed by atoms with Crippen molar-refractivity contribution in [2.75, 3.05) is 6.54 Å². The number of halogens is 1. The van der Waals surface area contributed by atoms with Crippen molar-refractivity contribution in [1.82, 2.24) is 20.3 Å². The van der Waals surface area contributed by atoms with E-state index in [4.69, 9.17) is 0 Å². The van der Waals surface area contributed by atoms with E-state index in [1.54, 1.807) is 18.6 Å². The SMILES string of the molecule is Fc1ccc(C(NCCc2cccnc2)C(c2cccnc2)c2cccnc2)cc1. The highest BCUT2D eigenvalue weighted by molar-refractivity contribution is 5.36. The van der Waals surface area contributed by atoms with Gasteiger partial charge in [-0.3, -0.25) is 15.0 Å². The zero-order valence-electron chi connectivity index (χ0n) is 16.5. The Balaban J connectivity index is 1.68. The van der Waals surface area contributed by atoms with Crippen molar-refractivity contribution in [2.24, 2.45) is 0 Å². The van der Waals surface area contributed by atoms with Crippen LogP contribution in [0.15, 0.2) is 97.8 Å². The maximum Gasteiger partial charge on any atom is 0.123 e. The van der Waals surface area contributed by atoms with E-state index in [0.29, 0.717) is 0 Å². The first-order valence-corrected chi connectivity index (χ1v) is 9.99. The summed E-state index contributed by atoms with van der Waals surface area (Å²) < 4.78 is 13.6. The number of aromatic nitrogens is 3. The highest BCUT2D eigenvalue weighted by Gasteiger charge is 2.26. The van der Waals surface area contributed by atoms with Gasteiger partial charge in [0.05, 0.1) is 0 Å². The average molecular weight is 398 g/mol. The van der Waals surface area contributed by atoms with Crippen molar-refractivity contribution in [3.8, 4) is 0 Å². The van der Waals surface area contributed by atoms with Gasteiger partial charge < -0.3 is 5.32 Å². The molecule has 3 aromatic heterocycles. The number of nitrogens with one attached hydrogen (secondary N) is 1. The summed E-state index contributed by atoms with van der Waals surface area (Å²) in [6, 6.07) is 18.7. The summed E-state index contributed by atoms with van der Waals surface area (Å²) >= 11 is 0. The summed E-state index contributed by atoms with van der Waals surface area (Å²) in [5.41, 5.74) is 4.34. The molecule has 0 spiro atoms. The molecule has 1 unspecified atom stereocenters. The minimum atomic E-state index is -0.243. The predicted octanol–water partition coefficient (Wildman–Crippen LogP) is 4.72. The molecular formula is C25H23FN4. The van der Waals surface area contributed by atoms with Crippen LogP contribution in [0.1, 0.15) is 34.2 Å². The van der Waals surface area contributed by atoms with E-state index >= 15 is 0 Å². The first-order valence-electron chi connectivity index (χ1n) is 9.99. The molecule has 4 rings (SSSR count). The molecule has 1 atom stereocenters. The van der Waals surface area contributed by atoms with Crippen LogP contribution in [-0.4, -0.2) is 21.5 Å². The minimum Gasteiger partial charge on any atom is -0.309 e. The van der Waals surface area contributed by atoms with Crippen LogP contribution >= 0.6 is 0 Å². The van der Waals surface area contributed by atoms with Gasteiger partial charge in [-0.05, 0) is 65.6 Å². The van der Waals surface area contributed by atoms with Gasteiger partial charge in [0.15, 0.2) is 0 Å². The average Bonchev–Trinajstić information content (AvgIpc) is 2.81. The fraction of sp³-hybridized carbons (Fsp3) is 0.160. The first kappa shape index (κ1) is 19.9. The third kappa shape index (κ3) is 4.93. The second kappa shape index (κ2) is 9.85. The maximum absolute atomic E-state index is 13.6. The Kier molecular flexibility index (Phi) is 6.52. The van der Waals surface area contributed by atoms with Crippen molar-refractivity contribution in [2.45, 2.75) is 18.4 Å². The highest BCUT2D eigenvalue weighted by Crippen LogP contribution is 2.36. The summed E-state index contributed by atoms with van der Waals surface area (Å²) in [5, 5.41) is 3.70. The molecule has 0 radical (unpaired) electrons. The Morgan fingerprint density at radius 3 is 1.83 bits per heavy atom.